The summed E-state index contributed by atoms with van der Waals surface area (Å²) in [4.78, 5) is 2.56. The lowest BCUT2D eigenvalue weighted by molar-refractivity contribution is 0.158. The summed E-state index contributed by atoms with van der Waals surface area (Å²) in [5.41, 5.74) is 1.32. The van der Waals surface area contributed by atoms with Gasteiger partial charge in [0, 0.05) is 44.5 Å². The minimum Gasteiger partial charge on any atom is -0.381 e. The molecule has 2 heterocycles. The first-order valence-electron chi connectivity index (χ1n) is 7.48. The largest absolute Gasteiger partial charge is 0.381 e. The fourth-order valence-electron chi connectivity index (χ4n) is 2.73. The van der Waals surface area contributed by atoms with Gasteiger partial charge < -0.3 is 4.74 Å². The van der Waals surface area contributed by atoms with Crippen molar-refractivity contribution in [2.45, 2.75) is 40.3 Å². The van der Waals surface area contributed by atoms with E-state index in [1.54, 1.807) is 0 Å². The van der Waals surface area contributed by atoms with Crippen molar-refractivity contribution in [3.05, 3.63) is 18.0 Å². The van der Waals surface area contributed by atoms with Crippen molar-refractivity contribution in [1.29, 1.82) is 0 Å². The minimum atomic E-state index is 0.698. The number of aromatic nitrogens is 2. The van der Waals surface area contributed by atoms with Gasteiger partial charge in [-0.25, -0.2) is 0 Å². The molecule has 0 aromatic carbocycles. The summed E-state index contributed by atoms with van der Waals surface area (Å²) in [5.74, 6) is 1.41. The topological polar surface area (TPSA) is 30.3 Å². The Bertz CT molecular complexity index is 369. The molecule has 1 aromatic heterocycles. The van der Waals surface area contributed by atoms with Crippen LogP contribution in [0.4, 0.5) is 0 Å². The number of nitrogens with zero attached hydrogens (tertiary/aromatic N) is 3. The molecule has 0 radical (unpaired) electrons. The van der Waals surface area contributed by atoms with E-state index in [4.69, 9.17) is 4.74 Å². The third kappa shape index (κ3) is 4.62. The Labute approximate surface area is 116 Å². The molecular weight excluding hydrogens is 238 g/mol. The molecule has 0 saturated carbocycles. The fourth-order valence-corrected chi connectivity index (χ4v) is 2.73. The zero-order chi connectivity index (χ0) is 13.7. The van der Waals surface area contributed by atoms with Crippen LogP contribution in [0.5, 0.6) is 0 Å². The van der Waals surface area contributed by atoms with Gasteiger partial charge in [-0.1, -0.05) is 13.8 Å². The van der Waals surface area contributed by atoms with Gasteiger partial charge in [0.15, 0.2) is 0 Å². The Balaban J connectivity index is 1.91. The van der Waals surface area contributed by atoms with Crippen LogP contribution in [0.3, 0.4) is 0 Å². The SMILES string of the molecule is CCn1cc(CN(CC(C)C)CC2CCOC2)cn1. The lowest BCUT2D eigenvalue weighted by atomic mass is 10.1. The highest BCUT2D eigenvalue weighted by atomic mass is 16.5. The molecule has 0 N–H and O–H groups in total. The van der Waals surface area contributed by atoms with E-state index in [-0.39, 0.29) is 0 Å². The Morgan fingerprint density at radius 1 is 1.53 bits per heavy atom. The van der Waals surface area contributed by atoms with Crippen molar-refractivity contribution in [2.24, 2.45) is 11.8 Å². The lowest BCUT2D eigenvalue weighted by Crippen LogP contribution is -2.32. The zero-order valence-electron chi connectivity index (χ0n) is 12.5. The van der Waals surface area contributed by atoms with E-state index in [0.29, 0.717) is 11.8 Å². The quantitative estimate of drug-likeness (QED) is 0.758. The van der Waals surface area contributed by atoms with E-state index in [1.165, 1.54) is 12.0 Å². The molecule has 0 amide bonds. The van der Waals surface area contributed by atoms with Crippen LogP contribution >= 0.6 is 0 Å². The summed E-state index contributed by atoms with van der Waals surface area (Å²) in [7, 11) is 0. The van der Waals surface area contributed by atoms with Gasteiger partial charge in [-0.2, -0.15) is 5.10 Å². The number of aryl methyl sites for hydroxylation is 1. The van der Waals surface area contributed by atoms with Gasteiger partial charge in [-0.05, 0) is 25.2 Å². The second-order valence-corrected chi connectivity index (χ2v) is 6.02. The van der Waals surface area contributed by atoms with Crippen LogP contribution in [0.2, 0.25) is 0 Å². The summed E-state index contributed by atoms with van der Waals surface area (Å²) >= 11 is 0. The standard InChI is InChI=1S/C15H27N3O/c1-4-18-11-15(7-16-18)10-17(8-13(2)3)9-14-5-6-19-12-14/h7,11,13-14H,4-6,8-10,12H2,1-3H3. The van der Waals surface area contributed by atoms with E-state index >= 15 is 0 Å². The molecule has 2 rings (SSSR count). The van der Waals surface area contributed by atoms with Crippen molar-refractivity contribution in [3.8, 4) is 0 Å². The number of rotatable bonds is 7. The Hall–Kier alpha value is -0.870. The average molecular weight is 265 g/mol. The molecule has 4 heteroatoms. The summed E-state index contributed by atoms with van der Waals surface area (Å²) in [6, 6.07) is 0. The summed E-state index contributed by atoms with van der Waals surface area (Å²) in [6.07, 6.45) is 5.38. The van der Waals surface area contributed by atoms with Crippen LogP contribution in [0.1, 0.15) is 32.8 Å². The fraction of sp³-hybridized carbons (Fsp3) is 0.800. The molecule has 1 saturated heterocycles. The molecule has 1 aliphatic rings. The smallest absolute Gasteiger partial charge is 0.0534 e. The second kappa shape index (κ2) is 7.06. The van der Waals surface area contributed by atoms with Gasteiger partial charge >= 0.3 is 0 Å². The van der Waals surface area contributed by atoms with Gasteiger partial charge in [-0.3, -0.25) is 9.58 Å². The van der Waals surface area contributed by atoms with Crippen molar-refractivity contribution in [1.82, 2.24) is 14.7 Å². The monoisotopic (exact) mass is 265 g/mol. The van der Waals surface area contributed by atoms with Crippen LogP contribution in [0.15, 0.2) is 12.4 Å². The summed E-state index contributed by atoms with van der Waals surface area (Å²) in [5, 5.41) is 4.36. The van der Waals surface area contributed by atoms with E-state index in [1.807, 2.05) is 10.9 Å². The second-order valence-electron chi connectivity index (χ2n) is 6.02. The maximum Gasteiger partial charge on any atom is 0.0534 e. The average Bonchev–Trinajstić information content (AvgIpc) is 2.99. The molecule has 0 bridgehead atoms. The van der Waals surface area contributed by atoms with Crippen molar-refractivity contribution >= 4 is 0 Å². The molecule has 4 nitrogen and oxygen atoms in total. The van der Waals surface area contributed by atoms with Crippen LogP contribution in [0, 0.1) is 11.8 Å². The highest BCUT2D eigenvalue weighted by molar-refractivity contribution is 5.03. The first kappa shape index (κ1) is 14.5. The first-order valence-corrected chi connectivity index (χ1v) is 7.48. The Morgan fingerprint density at radius 3 is 2.95 bits per heavy atom. The highest BCUT2D eigenvalue weighted by Gasteiger charge is 2.20. The van der Waals surface area contributed by atoms with Crippen LogP contribution < -0.4 is 0 Å². The highest BCUT2D eigenvalue weighted by Crippen LogP contribution is 2.16. The zero-order valence-corrected chi connectivity index (χ0v) is 12.5. The van der Waals surface area contributed by atoms with Crippen LogP contribution in [-0.4, -0.2) is 41.0 Å². The van der Waals surface area contributed by atoms with Crippen LogP contribution in [0.25, 0.3) is 0 Å². The van der Waals surface area contributed by atoms with Gasteiger partial charge in [0.05, 0.1) is 12.8 Å². The molecule has 108 valence electrons. The molecule has 1 atom stereocenters. The molecule has 0 spiro atoms. The van der Waals surface area contributed by atoms with Crippen molar-refractivity contribution < 1.29 is 4.74 Å². The third-order valence-electron chi connectivity index (χ3n) is 3.58. The van der Waals surface area contributed by atoms with E-state index in [0.717, 1.165) is 39.4 Å². The Kier molecular flexibility index (Phi) is 5.40. The molecule has 19 heavy (non-hydrogen) atoms. The molecule has 1 unspecified atom stereocenters. The molecule has 0 aliphatic carbocycles. The van der Waals surface area contributed by atoms with E-state index in [9.17, 15) is 0 Å². The molecule has 1 fully saturated rings. The molecule has 1 aliphatic heterocycles. The minimum absolute atomic E-state index is 0.698. The normalized spacial score (nSPS) is 19.7. The predicted octanol–water partition coefficient (Wildman–Crippen LogP) is 2.40. The number of hydrogen-bond acceptors (Lipinski definition) is 3. The van der Waals surface area contributed by atoms with Gasteiger partial charge in [0.2, 0.25) is 0 Å². The maximum absolute atomic E-state index is 5.49. The van der Waals surface area contributed by atoms with Gasteiger partial charge in [-0.15, -0.1) is 0 Å². The van der Waals surface area contributed by atoms with Crippen molar-refractivity contribution in [3.63, 3.8) is 0 Å². The van der Waals surface area contributed by atoms with Crippen LogP contribution in [-0.2, 0) is 17.8 Å². The van der Waals surface area contributed by atoms with Crippen molar-refractivity contribution in [2.75, 3.05) is 26.3 Å². The molecule has 1 aromatic rings. The number of ether oxygens (including phenoxy) is 1. The summed E-state index contributed by atoms with van der Waals surface area (Å²) in [6.45, 7) is 12.8. The Morgan fingerprint density at radius 2 is 2.37 bits per heavy atom. The first-order chi connectivity index (χ1) is 9.17. The summed E-state index contributed by atoms with van der Waals surface area (Å²) < 4.78 is 7.49. The maximum atomic E-state index is 5.49. The third-order valence-corrected chi connectivity index (χ3v) is 3.58. The van der Waals surface area contributed by atoms with Gasteiger partial charge in [0.1, 0.15) is 0 Å². The predicted molar refractivity (Wildman–Crippen MR) is 76.9 cm³/mol. The number of hydrogen-bond donors (Lipinski definition) is 0. The van der Waals surface area contributed by atoms with Gasteiger partial charge in [0.25, 0.3) is 0 Å². The lowest BCUT2D eigenvalue weighted by Gasteiger charge is -2.26. The van der Waals surface area contributed by atoms with E-state index in [2.05, 4.69) is 37.0 Å². The molecular formula is C15H27N3O. The van der Waals surface area contributed by atoms with E-state index < -0.39 is 0 Å².